The molecule has 0 aliphatic carbocycles. The van der Waals surface area contributed by atoms with E-state index in [-0.39, 0.29) is 6.54 Å². The topological polar surface area (TPSA) is 44.1 Å². The highest BCUT2D eigenvalue weighted by Crippen LogP contribution is 2.24. The molecular formula is C10H10N2O2. The number of nitrogens with zero attached hydrogens (tertiary/aromatic N) is 2. The summed E-state index contributed by atoms with van der Waals surface area (Å²) in [6.45, 7) is 0.254. The van der Waals surface area contributed by atoms with E-state index in [1.54, 1.807) is 18.0 Å². The van der Waals surface area contributed by atoms with E-state index in [0.29, 0.717) is 0 Å². The van der Waals surface area contributed by atoms with Gasteiger partial charge in [-0.2, -0.15) is 5.10 Å². The maximum atomic E-state index is 10.4. The van der Waals surface area contributed by atoms with Gasteiger partial charge in [0.1, 0.15) is 17.6 Å². The number of para-hydroxylation sites is 1. The van der Waals surface area contributed by atoms with Gasteiger partial charge in [0.15, 0.2) is 0 Å². The molecular weight excluding hydrogens is 180 g/mol. The van der Waals surface area contributed by atoms with Crippen molar-refractivity contribution in [2.24, 2.45) is 0 Å². The van der Waals surface area contributed by atoms with E-state index in [0.717, 1.165) is 22.9 Å². The van der Waals surface area contributed by atoms with Gasteiger partial charge in [-0.25, -0.2) is 0 Å². The summed E-state index contributed by atoms with van der Waals surface area (Å²) in [5.74, 6) is 0.738. The highest BCUT2D eigenvalue weighted by Gasteiger charge is 2.06. The highest BCUT2D eigenvalue weighted by atomic mass is 16.5. The maximum Gasteiger partial charge on any atom is 0.144 e. The van der Waals surface area contributed by atoms with Crippen LogP contribution in [-0.4, -0.2) is 23.2 Å². The van der Waals surface area contributed by atoms with E-state index in [9.17, 15) is 4.79 Å². The molecule has 2 rings (SSSR count). The Balaban J connectivity index is 2.67. The van der Waals surface area contributed by atoms with Crippen LogP contribution in [0.15, 0.2) is 24.4 Å². The number of hydrogen-bond donors (Lipinski definition) is 0. The normalized spacial score (nSPS) is 10.4. The molecule has 1 aromatic heterocycles. The van der Waals surface area contributed by atoms with Gasteiger partial charge in [-0.15, -0.1) is 0 Å². The molecule has 0 unspecified atom stereocenters. The number of rotatable bonds is 3. The highest BCUT2D eigenvalue weighted by molar-refractivity contribution is 5.85. The molecule has 2 aromatic rings. The molecule has 0 atom stereocenters. The Morgan fingerprint density at radius 2 is 2.43 bits per heavy atom. The number of ether oxygens (including phenoxy) is 1. The lowest BCUT2D eigenvalue weighted by atomic mass is 10.2. The summed E-state index contributed by atoms with van der Waals surface area (Å²) in [6.07, 6.45) is 2.54. The first-order chi connectivity index (χ1) is 6.86. The van der Waals surface area contributed by atoms with E-state index in [1.807, 2.05) is 18.2 Å². The predicted molar refractivity (Wildman–Crippen MR) is 52.3 cm³/mol. The van der Waals surface area contributed by atoms with Crippen molar-refractivity contribution in [2.75, 3.05) is 7.11 Å². The largest absolute Gasteiger partial charge is 0.494 e. The number of aromatic nitrogens is 2. The fourth-order valence-corrected chi connectivity index (χ4v) is 1.48. The van der Waals surface area contributed by atoms with Crippen molar-refractivity contribution in [3.05, 3.63) is 24.4 Å². The van der Waals surface area contributed by atoms with Gasteiger partial charge in [0.05, 0.1) is 19.9 Å². The summed E-state index contributed by atoms with van der Waals surface area (Å²) >= 11 is 0. The molecule has 14 heavy (non-hydrogen) atoms. The van der Waals surface area contributed by atoms with Crippen molar-refractivity contribution in [1.29, 1.82) is 0 Å². The van der Waals surface area contributed by atoms with Crippen LogP contribution in [0.3, 0.4) is 0 Å². The van der Waals surface area contributed by atoms with Crippen molar-refractivity contribution < 1.29 is 9.53 Å². The molecule has 0 aliphatic heterocycles. The van der Waals surface area contributed by atoms with Crippen molar-refractivity contribution in [1.82, 2.24) is 9.78 Å². The molecule has 72 valence electrons. The minimum Gasteiger partial charge on any atom is -0.494 e. The minimum absolute atomic E-state index is 0.254. The summed E-state index contributed by atoms with van der Waals surface area (Å²) in [5.41, 5.74) is 0.863. The predicted octanol–water partition coefficient (Wildman–Crippen LogP) is 1.24. The Morgan fingerprint density at radius 1 is 1.57 bits per heavy atom. The van der Waals surface area contributed by atoms with Crippen LogP contribution in [-0.2, 0) is 11.3 Å². The third kappa shape index (κ3) is 1.25. The second-order valence-electron chi connectivity index (χ2n) is 2.89. The van der Waals surface area contributed by atoms with Gasteiger partial charge >= 0.3 is 0 Å². The molecule has 4 nitrogen and oxygen atoms in total. The van der Waals surface area contributed by atoms with Gasteiger partial charge in [-0.1, -0.05) is 12.1 Å². The van der Waals surface area contributed by atoms with Crippen LogP contribution in [0.4, 0.5) is 0 Å². The van der Waals surface area contributed by atoms with E-state index in [1.165, 1.54) is 0 Å². The standard InChI is InChI=1S/C10H10N2O2/c1-14-9-4-2-3-8-7-11-12(5-6-13)10(8)9/h2-4,6-7H,5H2,1H3. The molecule has 1 heterocycles. The number of carbonyl (C=O) groups is 1. The summed E-state index contributed by atoms with van der Waals surface area (Å²) in [5, 5.41) is 5.08. The van der Waals surface area contributed by atoms with Crippen LogP contribution < -0.4 is 4.74 Å². The number of benzene rings is 1. The summed E-state index contributed by atoms with van der Waals surface area (Å²) in [7, 11) is 1.60. The molecule has 1 aromatic carbocycles. The summed E-state index contributed by atoms with van der Waals surface area (Å²) in [4.78, 5) is 10.4. The molecule has 0 spiro atoms. The van der Waals surface area contributed by atoms with Gasteiger partial charge in [0.25, 0.3) is 0 Å². The Bertz CT molecular complexity index is 462. The van der Waals surface area contributed by atoms with E-state index >= 15 is 0 Å². The molecule has 0 N–H and O–H groups in total. The van der Waals surface area contributed by atoms with Crippen LogP contribution in [0.1, 0.15) is 0 Å². The molecule has 0 bridgehead atoms. The third-order valence-corrected chi connectivity index (χ3v) is 2.09. The average molecular weight is 190 g/mol. The monoisotopic (exact) mass is 190 g/mol. The van der Waals surface area contributed by atoms with Crippen molar-refractivity contribution in [2.45, 2.75) is 6.54 Å². The van der Waals surface area contributed by atoms with E-state index in [4.69, 9.17) is 4.74 Å². The van der Waals surface area contributed by atoms with Crippen LogP contribution in [0, 0.1) is 0 Å². The van der Waals surface area contributed by atoms with Crippen molar-refractivity contribution in [3.63, 3.8) is 0 Å². The van der Waals surface area contributed by atoms with Crippen LogP contribution in [0.25, 0.3) is 10.9 Å². The van der Waals surface area contributed by atoms with Crippen LogP contribution >= 0.6 is 0 Å². The van der Waals surface area contributed by atoms with E-state index < -0.39 is 0 Å². The SMILES string of the molecule is COc1cccc2cnn(CC=O)c12. The first kappa shape index (κ1) is 8.74. The van der Waals surface area contributed by atoms with Gasteiger partial charge < -0.3 is 9.53 Å². The molecule has 0 saturated carbocycles. The average Bonchev–Trinajstić information content (AvgIpc) is 2.62. The number of hydrogen-bond acceptors (Lipinski definition) is 3. The zero-order valence-electron chi connectivity index (χ0n) is 7.80. The summed E-state index contributed by atoms with van der Waals surface area (Å²) in [6, 6.07) is 5.69. The Labute approximate surface area is 81.1 Å². The lowest BCUT2D eigenvalue weighted by molar-refractivity contribution is -0.108. The first-order valence-corrected chi connectivity index (χ1v) is 4.29. The van der Waals surface area contributed by atoms with Gasteiger partial charge in [0, 0.05) is 5.39 Å². The molecule has 0 aliphatic rings. The quantitative estimate of drug-likeness (QED) is 0.684. The fourth-order valence-electron chi connectivity index (χ4n) is 1.48. The molecule has 0 fully saturated rings. The van der Waals surface area contributed by atoms with Gasteiger partial charge in [0.2, 0.25) is 0 Å². The number of carbonyl (C=O) groups excluding carboxylic acids is 1. The molecule has 0 radical (unpaired) electrons. The third-order valence-electron chi connectivity index (χ3n) is 2.09. The zero-order valence-corrected chi connectivity index (χ0v) is 7.80. The van der Waals surface area contributed by atoms with Crippen LogP contribution in [0.2, 0.25) is 0 Å². The van der Waals surface area contributed by atoms with Crippen molar-refractivity contribution in [3.8, 4) is 5.75 Å². The lowest BCUT2D eigenvalue weighted by Crippen LogP contribution is -2.01. The zero-order chi connectivity index (χ0) is 9.97. The second kappa shape index (κ2) is 3.49. The Morgan fingerprint density at radius 3 is 3.14 bits per heavy atom. The number of methoxy groups -OCH3 is 1. The molecule has 4 heteroatoms. The number of aldehydes is 1. The van der Waals surface area contributed by atoms with E-state index in [2.05, 4.69) is 5.10 Å². The fraction of sp³-hybridized carbons (Fsp3) is 0.200. The first-order valence-electron chi connectivity index (χ1n) is 4.29. The van der Waals surface area contributed by atoms with Crippen LogP contribution in [0.5, 0.6) is 5.75 Å². The Hall–Kier alpha value is -1.84. The number of fused-ring (bicyclic) bond motifs is 1. The van der Waals surface area contributed by atoms with Gasteiger partial charge in [-0.05, 0) is 6.07 Å². The lowest BCUT2D eigenvalue weighted by Gasteiger charge is -2.03. The molecule has 0 saturated heterocycles. The summed E-state index contributed by atoms with van der Waals surface area (Å²) < 4.78 is 6.82. The molecule has 0 amide bonds. The van der Waals surface area contributed by atoms with Gasteiger partial charge in [-0.3, -0.25) is 4.68 Å². The minimum atomic E-state index is 0.254. The Kier molecular flexibility index (Phi) is 2.18. The second-order valence-corrected chi connectivity index (χ2v) is 2.89. The maximum absolute atomic E-state index is 10.4. The van der Waals surface area contributed by atoms with Crippen molar-refractivity contribution >= 4 is 17.2 Å². The smallest absolute Gasteiger partial charge is 0.144 e.